The van der Waals surface area contributed by atoms with Crippen molar-refractivity contribution in [2.45, 2.75) is 45.6 Å². The first-order valence-electron chi connectivity index (χ1n) is 6.01. The van der Waals surface area contributed by atoms with Crippen LogP contribution in [0.2, 0.25) is 0 Å². The Kier molecular flexibility index (Phi) is 5.33. The lowest BCUT2D eigenvalue weighted by atomic mass is 10.0. The number of ether oxygens (including phenoxy) is 1. The van der Waals surface area contributed by atoms with E-state index in [1.165, 1.54) is 5.56 Å². The molecule has 2 heteroatoms. The molecule has 0 aliphatic carbocycles. The summed E-state index contributed by atoms with van der Waals surface area (Å²) < 4.78 is 5.74. The van der Waals surface area contributed by atoms with E-state index in [4.69, 9.17) is 9.84 Å². The van der Waals surface area contributed by atoms with Gasteiger partial charge in [-0.25, -0.2) is 0 Å². The summed E-state index contributed by atoms with van der Waals surface area (Å²) in [6.45, 7) is 6.81. The summed E-state index contributed by atoms with van der Waals surface area (Å²) in [5, 5.41) is 9.14. The van der Waals surface area contributed by atoms with Crippen LogP contribution in [-0.2, 0) is 0 Å². The van der Waals surface area contributed by atoms with Crippen LogP contribution in [0.4, 0.5) is 0 Å². The monoisotopic (exact) mass is 222 g/mol. The summed E-state index contributed by atoms with van der Waals surface area (Å²) in [4.78, 5) is 0. The zero-order chi connectivity index (χ0) is 12.0. The first-order chi connectivity index (χ1) is 7.61. The highest BCUT2D eigenvalue weighted by molar-refractivity contribution is 5.35. The molecule has 0 fully saturated rings. The molecule has 0 heterocycles. The number of hydrogen-bond acceptors (Lipinski definition) is 2. The van der Waals surface area contributed by atoms with E-state index in [0.29, 0.717) is 12.5 Å². The predicted octanol–water partition coefficient (Wildman–Crippen LogP) is 3.35. The van der Waals surface area contributed by atoms with Gasteiger partial charge < -0.3 is 9.84 Å². The summed E-state index contributed by atoms with van der Waals surface area (Å²) in [6, 6.07) is 8.15. The summed E-state index contributed by atoms with van der Waals surface area (Å²) in [7, 11) is 0. The van der Waals surface area contributed by atoms with Crippen molar-refractivity contribution in [1.29, 1.82) is 0 Å². The molecule has 0 aliphatic heterocycles. The van der Waals surface area contributed by atoms with E-state index in [-0.39, 0.29) is 6.10 Å². The lowest BCUT2D eigenvalue weighted by Crippen LogP contribution is -2.05. The van der Waals surface area contributed by atoms with Gasteiger partial charge in [-0.05, 0) is 37.3 Å². The van der Waals surface area contributed by atoms with Crippen LogP contribution in [0.25, 0.3) is 0 Å². The molecule has 0 spiro atoms. The fraction of sp³-hybridized carbons (Fsp3) is 0.571. The van der Waals surface area contributed by atoms with E-state index in [0.717, 1.165) is 18.6 Å². The molecule has 2 nitrogen and oxygen atoms in total. The SMILES string of the molecule is CC(O)CCCOc1ccccc1C(C)C. The Morgan fingerprint density at radius 2 is 1.88 bits per heavy atom. The molecule has 1 unspecified atom stereocenters. The van der Waals surface area contributed by atoms with Gasteiger partial charge in [0.1, 0.15) is 5.75 Å². The van der Waals surface area contributed by atoms with Crippen molar-refractivity contribution in [3.8, 4) is 5.75 Å². The van der Waals surface area contributed by atoms with Crippen LogP contribution in [-0.4, -0.2) is 17.8 Å². The molecule has 1 atom stereocenters. The average Bonchev–Trinajstić information content (AvgIpc) is 2.24. The first kappa shape index (κ1) is 13.0. The van der Waals surface area contributed by atoms with Gasteiger partial charge >= 0.3 is 0 Å². The van der Waals surface area contributed by atoms with E-state index in [1.54, 1.807) is 0 Å². The van der Waals surface area contributed by atoms with E-state index < -0.39 is 0 Å². The van der Waals surface area contributed by atoms with Crippen molar-refractivity contribution in [3.05, 3.63) is 29.8 Å². The minimum Gasteiger partial charge on any atom is -0.493 e. The number of hydrogen-bond donors (Lipinski definition) is 1. The lowest BCUT2D eigenvalue weighted by Gasteiger charge is -2.14. The van der Waals surface area contributed by atoms with Gasteiger partial charge in [-0.1, -0.05) is 32.0 Å². The van der Waals surface area contributed by atoms with Crippen LogP contribution in [0.1, 0.15) is 45.1 Å². The van der Waals surface area contributed by atoms with Crippen LogP contribution in [0.5, 0.6) is 5.75 Å². The van der Waals surface area contributed by atoms with Crippen molar-refractivity contribution in [3.63, 3.8) is 0 Å². The van der Waals surface area contributed by atoms with Gasteiger partial charge in [0.25, 0.3) is 0 Å². The van der Waals surface area contributed by atoms with Crippen molar-refractivity contribution in [2.24, 2.45) is 0 Å². The second kappa shape index (κ2) is 6.54. The van der Waals surface area contributed by atoms with E-state index in [9.17, 15) is 0 Å². The van der Waals surface area contributed by atoms with Gasteiger partial charge in [0.05, 0.1) is 12.7 Å². The first-order valence-corrected chi connectivity index (χ1v) is 6.01. The molecule has 1 N–H and O–H groups in total. The fourth-order valence-corrected chi connectivity index (χ4v) is 1.65. The molecule has 1 aromatic rings. The van der Waals surface area contributed by atoms with Crippen molar-refractivity contribution >= 4 is 0 Å². The highest BCUT2D eigenvalue weighted by Crippen LogP contribution is 2.25. The van der Waals surface area contributed by atoms with Crippen LogP contribution in [0.15, 0.2) is 24.3 Å². The quantitative estimate of drug-likeness (QED) is 0.748. The normalized spacial score (nSPS) is 12.8. The van der Waals surface area contributed by atoms with Crippen LogP contribution in [0.3, 0.4) is 0 Å². The second-order valence-electron chi connectivity index (χ2n) is 4.53. The third kappa shape index (κ3) is 4.23. The number of aliphatic hydroxyl groups is 1. The highest BCUT2D eigenvalue weighted by atomic mass is 16.5. The van der Waals surface area contributed by atoms with Gasteiger partial charge in [0.15, 0.2) is 0 Å². The largest absolute Gasteiger partial charge is 0.493 e. The van der Waals surface area contributed by atoms with Crippen molar-refractivity contribution in [1.82, 2.24) is 0 Å². The van der Waals surface area contributed by atoms with E-state index in [2.05, 4.69) is 19.9 Å². The van der Waals surface area contributed by atoms with Gasteiger partial charge in [-0.3, -0.25) is 0 Å². The minimum atomic E-state index is -0.232. The molecule has 1 rings (SSSR count). The molecule has 16 heavy (non-hydrogen) atoms. The fourth-order valence-electron chi connectivity index (χ4n) is 1.65. The topological polar surface area (TPSA) is 29.5 Å². The molecule has 0 amide bonds. The summed E-state index contributed by atoms with van der Waals surface area (Å²) in [5.74, 6) is 1.45. The number of aliphatic hydroxyl groups excluding tert-OH is 1. The summed E-state index contributed by atoms with van der Waals surface area (Å²) in [6.07, 6.45) is 1.46. The smallest absolute Gasteiger partial charge is 0.122 e. The molecule has 0 aromatic heterocycles. The average molecular weight is 222 g/mol. The van der Waals surface area contributed by atoms with Crippen LogP contribution >= 0.6 is 0 Å². The third-order valence-corrected chi connectivity index (χ3v) is 2.56. The predicted molar refractivity (Wildman–Crippen MR) is 66.9 cm³/mol. The number of rotatable bonds is 6. The molecule has 0 aliphatic rings. The maximum atomic E-state index is 9.14. The Labute approximate surface area is 98.3 Å². The van der Waals surface area contributed by atoms with Gasteiger partial charge in [0.2, 0.25) is 0 Å². The van der Waals surface area contributed by atoms with Crippen LogP contribution in [0, 0.1) is 0 Å². The molecule has 0 bridgehead atoms. The van der Waals surface area contributed by atoms with Gasteiger partial charge in [-0.15, -0.1) is 0 Å². The Morgan fingerprint density at radius 1 is 1.19 bits per heavy atom. The molecule has 0 saturated heterocycles. The highest BCUT2D eigenvalue weighted by Gasteiger charge is 2.06. The Bertz CT molecular complexity index is 305. The summed E-state index contributed by atoms with van der Waals surface area (Å²) >= 11 is 0. The number of benzene rings is 1. The molecule has 90 valence electrons. The van der Waals surface area contributed by atoms with Gasteiger partial charge in [0, 0.05) is 0 Å². The van der Waals surface area contributed by atoms with Crippen molar-refractivity contribution < 1.29 is 9.84 Å². The van der Waals surface area contributed by atoms with E-state index in [1.807, 2.05) is 25.1 Å². The maximum Gasteiger partial charge on any atom is 0.122 e. The molecular formula is C14H22O2. The lowest BCUT2D eigenvalue weighted by molar-refractivity contribution is 0.170. The molecule has 0 radical (unpaired) electrons. The molecule has 0 saturated carbocycles. The minimum absolute atomic E-state index is 0.232. The Morgan fingerprint density at radius 3 is 2.50 bits per heavy atom. The zero-order valence-corrected chi connectivity index (χ0v) is 10.4. The van der Waals surface area contributed by atoms with Crippen LogP contribution < -0.4 is 4.74 Å². The maximum absolute atomic E-state index is 9.14. The zero-order valence-electron chi connectivity index (χ0n) is 10.4. The standard InChI is InChI=1S/C14H22O2/c1-11(2)13-8-4-5-9-14(13)16-10-6-7-12(3)15/h4-5,8-9,11-12,15H,6-7,10H2,1-3H3. The third-order valence-electron chi connectivity index (χ3n) is 2.56. The molecular weight excluding hydrogens is 200 g/mol. The van der Waals surface area contributed by atoms with E-state index >= 15 is 0 Å². The summed E-state index contributed by atoms with van der Waals surface area (Å²) in [5.41, 5.74) is 1.25. The number of para-hydroxylation sites is 1. The Balaban J connectivity index is 2.47. The van der Waals surface area contributed by atoms with Gasteiger partial charge in [-0.2, -0.15) is 0 Å². The Hall–Kier alpha value is -1.02. The molecule has 1 aromatic carbocycles. The second-order valence-corrected chi connectivity index (χ2v) is 4.53. The van der Waals surface area contributed by atoms with Crippen molar-refractivity contribution in [2.75, 3.05) is 6.61 Å².